The molecule has 0 N–H and O–H groups in total. The number of rotatable bonds is 6. The molecule has 1 aliphatic rings. The van der Waals surface area contributed by atoms with Gasteiger partial charge in [0.2, 0.25) is 0 Å². The fraction of sp³-hybridized carbons (Fsp3) is 0.368. The largest absolute Gasteiger partial charge is 0.525 e. The maximum absolute atomic E-state index is 12.7. The van der Waals surface area contributed by atoms with E-state index >= 15 is 0 Å². The van der Waals surface area contributed by atoms with Crippen LogP contribution < -0.4 is 0 Å². The number of ether oxygens (including phenoxy) is 1. The first kappa shape index (κ1) is 22.2. The predicted octanol–water partition coefficient (Wildman–Crippen LogP) is 4.09. The average Bonchev–Trinajstić information content (AvgIpc) is 2.66. The predicted molar refractivity (Wildman–Crippen MR) is 99.8 cm³/mol. The standard InChI is InChI=1S/C19H18F3NO6S/c1-4-15(28-10(2)3)11-8-9-14-16-12(11)6-5-7-13(16)17(24)23(18(14)25)29-30(26,27)19(20,21)22/h5-10,15H,4H2,1-3H3. The molecule has 0 radical (unpaired) electrons. The number of alkyl halides is 3. The number of amides is 2. The summed E-state index contributed by atoms with van der Waals surface area (Å²) in [4.78, 5) is 25.3. The first-order valence-corrected chi connectivity index (χ1v) is 10.4. The summed E-state index contributed by atoms with van der Waals surface area (Å²) in [5.74, 6) is -2.61. The van der Waals surface area contributed by atoms with Crippen LogP contribution >= 0.6 is 0 Å². The van der Waals surface area contributed by atoms with Crippen molar-refractivity contribution < 1.29 is 40.2 Å². The van der Waals surface area contributed by atoms with Gasteiger partial charge in [-0.1, -0.05) is 25.1 Å². The number of hydroxylamine groups is 2. The fourth-order valence-corrected chi connectivity index (χ4v) is 3.72. The average molecular weight is 445 g/mol. The third kappa shape index (κ3) is 3.68. The molecule has 0 aromatic heterocycles. The monoisotopic (exact) mass is 445 g/mol. The van der Waals surface area contributed by atoms with E-state index in [9.17, 15) is 31.2 Å². The Bertz CT molecular complexity index is 1100. The summed E-state index contributed by atoms with van der Waals surface area (Å²) in [6, 6.07) is 7.32. The van der Waals surface area contributed by atoms with Crippen molar-refractivity contribution in [1.29, 1.82) is 0 Å². The third-order valence-corrected chi connectivity index (χ3v) is 5.43. The van der Waals surface area contributed by atoms with Gasteiger partial charge >= 0.3 is 15.6 Å². The van der Waals surface area contributed by atoms with E-state index in [1.165, 1.54) is 18.2 Å². The lowest BCUT2D eigenvalue weighted by Crippen LogP contribution is -2.44. The minimum absolute atomic E-state index is 0.0968. The molecular weight excluding hydrogens is 427 g/mol. The van der Waals surface area contributed by atoms with Gasteiger partial charge in [0.1, 0.15) is 0 Å². The van der Waals surface area contributed by atoms with Crippen molar-refractivity contribution >= 4 is 32.7 Å². The van der Waals surface area contributed by atoms with Crippen LogP contribution in [0.1, 0.15) is 59.6 Å². The second-order valence-electron chi connectivity index (χ2n) is 6.89. The lowest BCUT2D eigenvalue weighted by molar-refractivity contribution is -0.0761. The SMILES string of the molecule is CCC(OC(C)C)c1ccc2c3c(cccc13)C(=O)N(OS(=O)(=O)C(F)(F)F)C2=O. The van der Waals surface area contributed by atoms with Crippen LogP contribution in [0.3, 0.4) is 0 Å². The second kappa shape index (κ2) is 7.64. The number of carbonyl (C=O) groups is 2. The third-order valence-electron chi connectivity index (χ3n) is 4.51. The Hall–Kier alpha value is -2.50. The Labute approximate surface area is 170 Å². The molecule has 0 spiro atoms. The summed E-state index contributed by atoms with van der Waals surface area (Å²) in [6.45, 7) is 5.62. The molecule has 3 rings (SSSR count). The van der Waals surface area contributed by atoms with E-state index in [1.54, 1.807) is 12.1 Å². The van der Waals surface area contributed by atoms with Gasteiger partial charge in [-0.2, -0.15) is 21.6 Å². The highest BCUT2D eigenvalue weighted by atomic mass is 32.2. The Morgan fingerprint density at radius 3 is 2.17 bits per heavy atom. The second-order valence-corrected chi connectivity index (χ2v) is 8.41. The molecule has 2 amide bonds. The van der Waals surface area contributed by atoms with E-state index in [1.807, 2.05) is 20.8 Å². The van der Waals surface area contributed by atoms with Crippen molar-refractivity contribution in [2.75, 3.05) is 0 Å². The maximum Gasteiger partial charge on any atom is 0.525 e. The highest BCUT2D eigenvalue weighted by Crippen LogP contribution is 2.37. The van der Waals surface area contributed by atoms with E-state index in [-0.39, 0.29) is 33.8 Å². The van der Waals surface area contributed by atoms with Gasteiger partial charge in [-0.15, -0.1) is 9.35 Å². The van der Waals surface area contributed by atoms with E-state index in [2.05, 4.69) is 4.28 Å². The van der Waals surface area contributed by atoms with Gasteiger partial charge in [0.25, 0.3) is 11.8 Å². The van der Waals surface area contributed by atoms with Crippen LogP contribution in [-0.4, -0.2) is 36.9 Å². The van der Waals surface area contributed by atoms with Gasteiger partial charge in [0.05, 0.1) is 23.3 Å². The first-order chi connectivity index (χ1) is 13.9. The number of hydrogen-bond acceptors (Lipinski definition) is 6. The van der Waals surface area contributed by atoms with Gasteiger partial charge < -0.3 is 4.74 Å². The number of benzene rings is 2. The highest BCUT2D eigenvalue weighted by Gasteiger charge is 2.51. The van der Waals surface area contributed by atoms with Crippen LogP contribution in [-0.2, 0) is 19.1 Å². The summed E-state index contributed by atoms with van der Waals surface area (Å²) >= 11 is 0. The molecular formula is C19H18F3NO6S. The van der Waals surface area contributed by atoms with Crippen molar-refractivity contribution in [2.24, 2.45) is 0 Å². The number of hydrogen-bond donors (Lipinski definition) is 0. The molecule has 0 fully saturated rings. The van der Waals surface area contributed by atoms with E-state index in [0.29, 0.717) is 17.4 Å². The summed E-state index contributed by atoms with van der Waals surface area (Å²) in [6.07, 6.45) is 0.150. The molecule has 0 bridgehead atoms. The normalized spacial score (nSPS) is 15.9. The molecule has 1 atom stereocenters. The Morgan fingerprint density at radius 2 is 1.63 bits per heavy atom. The number of carbonyl (C=O) groups excluding carboxylic acids is 2. The molecule has 2 aromatic carbocycles. The summed E-state index contributed by atoms with van der Waals surface area (Å²) in [5.41, 5.74) is -5.40. The molecule has 7 nitrogen and oxygen atoms in total. The molecule has 30 heavy (non-hydrogen) atoms. The van der Waals surface area contributed by atoms with Crippen molar-refractivity contribution in [3.63, 3.8) is 0 Å². The van der Waals surface area contributed by atoms with Crippen molar-refractivity contribution in [3.8, 4) is 0 Å². The molecule has 11 heteroatoms. The van der Waals surface area contributed by atoms with Gasteiger partial charge in [-0.3, -0.25) is 9.59 Å². The minimum atomic E-state index is -6.21. The van der Waals surface area contributed by atoms with Gasteiger partial charge in [0.15, 0.2) is 0 Å². The van der Waals surface area contributed by atoms with Crippen molar-refractivity contribution in [1.82, 2.24) is 5.06 Å². The minimum Gasteiger partial charge on any atom is -0.371 e. The number of imide groups is 1. The van der Waals surface area contributed by atoms with Crippen LogP contribution in [0, 0.1) is 0 Å². The Balaban J connectivity index is 2.15. The first-order valence-electron chi connectivity index (χ1n) is 8.99. The lowest BCUT2D eigenvalue weighted by atomic mass is 9.90. The van der Waals surface area contributed by atoms with Crippen molar-refractivity contribution in [3.05, 3.63) is 47.0 Å². The Morgan fingerprint density at radius 1 is 1.03 bits per heavy atom. The van der Waals surface area contributed by atoms with Crippen LogP contribution in [0.15, 0.2) is 30.3 Å². The van der Waals surface area contributed by atoms with Gasteiger partial charge in [0, 0.05) is 5.39 Å². The van der Waals surface area contributed by atoms with Gasteiger partial charge in [-0.25, -0.2) is 0 Å². The smallest absolute Gasteiger partial charge is 0.371 e. The molecule has 1 aliphatic heterocycles. The number of nitrogens with zero attached hydrogens (tertiary/aromatic N) is 1. The molecule has 0 saturated heterocycles. The molecule has 1 unspecified atom stereocenters. The van der Waals surface area contributed by atoms with Crippen LogP contribution in [0.2, 0.25) is 0 Å². The zero-order valence-corrected chi connectivity index (χ0v) is 17.0. The molecule has 0 saturated carbocycles. The van der Waals surface area contributed by atoms with Gasteiger partial charge in [-0.05, 0) is 43.4 Å². The topological polar surface area (TPSA) is 90.0 Å². The molecule has 162 valence electrons. The summed E-state index contributed by atoms with van der Waals surface area (Å²) in [7, 11) is -6.21. The molecule has 1 heterocycles. The molecule has 0 aliphatic carbocycles. The van der Waals surface area contributed by atoms with Crippen LogP contribution in [0.25, 0.3) is 10.8 Å². The lowest BCUT2D eigenvalue weighted by Gasteiger charge is -2.27. The van der Waals surface area contributed by atoms with Crippen molar-refractivity contribution in [2.45, 2.75) is 44.9 Å². The highest BCUT2D eigenvalue weighted by molar-refractivity contribution is 7.87. The van der Waals surface area contributed by atoms with E-state index in [4.69, 9.17) is 4.74 Å². The summed E-state index contributed by atoms with van der Waals surface area (Å²) in [5, 5.41) is 0.347. The quantitative estimate of drug-likeness (QED) is 0.491. The zero-order valence-electron chi connectivity index (χ0n) is 16.2. The Kier molecular flexibility index (Phi) is 5.65. The maximum atomic E-state index is 12.7. The summed E-state index contributed by atoms with van der Waals surface area (Å²) < 4.78 is 70.5. The van der Waals surface area contributed by atoms with Crippen LogP contribution in [0.4, 0.5) is 13.2 Å². The zero-order chi connectivity index (χ0) is 22.4. The van der Waals surface area contributed by atoms with E-state index in [0.717, 1.165) is 0 Å². The fourth-order valence-electron chi connectivity index (χ4n) is 3.30. The number of halogens is 3. The van der Waals surface area contributed by atoms with E-state index < -0.39 is 27.4 Å². The van der Waals surface area contributed by atoms with Crippen LogP contribution in [0.5, 0.6) is 0 Å². The molecule has 2 aromatic rings.